The number of carbonyl (C=O) groups is 1. The lowest BCUT2D eigenvalue weighted by Gasteiger charge is -2.24. The van der Waals surface area contributed by atoms with E-state index >= 15 is 0 Å². The first kappa shape index (κ1) is 13.1. The lowest BCUT2D eigenvalue weighted by atomic mass is 9.88. The molecule has 0 aromatic carbocycles. The van der Waals surface area contributed by atoms with Crippen LogP contribution in [0.5, 0.6) is 0 Å². The molecule has 1 aliphatic heterocycles. The topological polar surface area (TPSA) is 44.8 Å². The van der Waals surface area contributed by atoms with Crippen LogP contribution in [0, 0.1) is 17.8 Å². The van der Waals surface area contributed by atoms with E-state index in [-0.39, 0.29) is 17.7 Å². The smallest absolute Gasteiger partial charge is 0.306 e. The van der Waals surface area contributed by atoms with Gasteiger partial charge in [0, 0.05) is 12.8 Å². The highest BCUT2D eigenvalue weighted by Gasteiger charge is 2.55. The molecule has 3 rings (SSSR count). The number of hydrogen-bond donors (Lipinski definition) is 0. The molecule has 1 heterocycles. The van der Waals surface area contributed by atoms with E-state index in [0.717, 1.165) is 19.3 Å². The van der Waals surface area contributed by atoms with E-state index in [4.69, 9.17) is 14.2 Å². The summed E-state index contributed by atoms with van der Waals surface area (Å²) in [6, 6.07) is 0. The van der Waals surface area contributed by atoms with E-state index in [1.54, 1.807) is 0 Å². The highest BCUT2D eigenvalue weighted by Crippen LogP contribution is 2.56. The quantitative estimate of drug-likeness (QED) is 0.581. The van der Waals surface area contributed by atoms with Crippen LogP contribution < -0.4 is 0 Å². The molecule has 0 unspecified atom stereocenters. The summed E-state index contributed by atoms with van der Waals surface area (Å²) in [6.07, 6.45) is 3.32. The molecule has 0 aromatic heterocycles. The van der Waals surface area contributed by atoms with Crippen molar-refractivity contribution in [2.24, 2.45) is 17.8 Å². The normalized spacial score (nSPS) is 35.8. The van der Waals surface area contributed by atoms with Crippen LogP contribution in [0.1, 0.15) is 32.6 Å². The molecule has 4 nitrogen and oxygen atoms in total. The predicted molar refractivity (Wildman–Crippen MR) is 69.3 cm³/mol. The van der Waals surface area contributed by atoms with E-state index in [0.29, 0.717) is 38.1 Å². The van der Waals surface area contributed by atoms with Crippen molar-refractivity contribution >= 4 is 5.97 Å². The lowest BCUT2D eigenvalue weighted by Crippen LogP contribution is -2.28. The van der Waals surface area contributed by atoms with Gasteiger partial charge >= 0.3 is 5.97 Å². The summed E-state index contributed by atoms with van der Waals surface area (Å²) in [7, 11) is 0. The van der Waals surface area contributed by atoms with Crippen molar-refractivity contribution in [1.82, 2.24) is 0 Å². The minimum atomic E-state index is -0.358. The van der Waals surface area contributed by atoms with Gasteiger partial charge in [0.1, 0.15) is 0 Å². The van der Waals surface area contributed by atoms with Crippen molar-refractivity contribution in [3.63, 3.8) is 0 Å². The molecule has 0 amide bonds. The van der Waals surface area contributed by atoms with Gasteiger partial charge in [-0.2, -0.15) is 0 Å². The Kier molecular flexibility index (Phi) is 3.39. The first-order chi connectivity index (χ1) is 9.13. The van der Waals surface area contributed by atoms with Crippen LogP contribution >= 0.6 is 0 Å². The summed E-state index contributed by atoms with van der Waals surface area (Å²) < 4.78 is 16.7. The third-order valence-corrected chi connectivity index (χ3v) is 4.80. The van der Waals surface area contributed by atoms with Gasteiger partial charge in [0.05, 0.1) is 26.2 Å². The number of rotatable bonds is 3. The minimum Gasteiger partial charge on any atom is -0.466 e. The molecule has 1 saturated heterocycles. The average Bonchev–Trinajstić information content (AvgIpc) is 3.01. The van der Waals surface area contributed by atoms with Crippen LogP contribution in [0.4, 0.5) is 0 Å². The molecule has 3 aliphatic rings. The number of hydrogen-bond acceptors (Lipinski definition) is 4. The zero-order chi connectivity index (χ0) is 13.5. The molecule has 3 atom stereocenters. The standard InChI is InChI=1S/C15H22O4/c1-3-17-14(16)7-12-10(2)6-11-8-15(9-13(11)12)18-4-5-19-15/h11-13H,2-9H2,1H3/t11-,12+,13+/m1/s1. The summed E-state index contributed by atoms with van der Waals surface area (Å²) in [6.45, 7) is 7.84. The molecule has 0 N–H and O–H groups in total. The molecule has 3 fully saturated rings. The third-order valence-electron chi connectivity index (χ3n) is 4.80. The molecule has 2 aliphatic carbocycles. The maximum absolute atomic E-state index is 11.7. The van der Waals surface area contributed by atoms with Crippen LogP contribution in [0.25, 0.3) is 0 Å². The van der Waals surface area contributed by atoms with Gasteiger partial charge in [0.25, 0.3) is 0 Å². The van der Waals surface area contributed by atoms with Crippen molar-refractivity contribution in [3.8, 4) is 0 Å². The minimum absolute atomic E-state index is 0.108. The second-order valence-corrected chi connectivity index (χ2v) is 5.92. The Morgan fingerprint density at radius 2 is 2.16 bits per heavy atom. The predicted octanol–water partition coefficient (Wildman–Crippen LogP) is 2.29. The summed E-state index contributed by atoms with van der Waals surface area (Å²) >= 11 is 0. The van der Waals surface area contributed by atoms with Crippen LogP contribution in [0.15, 0.2) is 12.2 Å². The van der Waals surface area contributed by atoms with Gasteiger partial charge < -0.3 is 14.2 Å². The largest absolute Gasteiger partial charge is 0.466 e. The highest BCUT2D eigenvalue weighted by molar-refractivity contribution is 5.70. The Hall–Kier alpha value is -0.870. The summed E-state index contributed by atoms with van der Waals surface area (Å²) in [5.74, 6) is 0.808. The molecule has 0 bridgehead atoms. The maximum Gasteiger partial charge on any atom is 0.306 e. The van der Waals surface area contributed by atoms with Crippen LogP contribution in [-0.2, 0) is 19.0 Å². The van der Waals surface area contributed by atoms with Gasteiger partial charge in [-0.1, -0.05) is 12.2 Å². The first-order valence-electron chi connectivity index (χ1n) is 7.25. The second kappa shape index (κ2) is 4.91. The third kappa shape index (κ3) is 2.32. The Morgan fingerprint density at radius 3 is 2.84 bits per heavy atom. The Bertz CT molecular complexity index is 384. The first-order valence-corrected chi connectivity index (χ1v) is 7.25. The zero-order valence-corrected chi connectivity index (χ0v) is 11.5. The fraction of sp³-hybridized carbons (Fsp3) is 0.800. The number of ether oxygens (including phenoxy) is 3. The van der Waals surface area contributed by atoms with Gasteiger partial charge in [0.2, 0.25) is 0 Å². The van der Waals surface area contributed by atoms with Gasteiger partial charge in [0.15, 0.2) is 5.79 Å². The molecule has 2 saturated carbocycles. The van der Waals surface area contributed by atoms with Crippen LogP contribution in [0.3, 0.4) is 0 Å². The number of fused-ring (bicyclic) bond motifs is 1. The summed E-state index contributed by atoms with van der Waals surface area (Å²) in [4.78, 5) is 11.7. The molecule has 0 aromatic rings. The Morgan fingerprint density at radius 1 is 1.42 bits per heavy atom. The summed E-state index contributed by atoms with van der Waals surface area (Å²) in [5, 5.41) is 0. The lowest BCUT2D eigenvalue weighted by molar-refractivity contribution is -0.156. The molecular weight excluding hydrogens is 244 g/mol. The Balaban J connectivity index is 1.68. The van der Waals surface area contributed by atoms with Gasteiger partial charge in [-0.05, 0) is 31.1 Å². The van der Waals surface area contributed by atoms with Crippen molar-refractivity contribution in [2.75, 3.05) is 19.8 Å². The maximum atomic E-state index is 11.7. The van der Waals surface area contributed by atoms with Crippen molar-refractivity contribution in [3.05, 3.63) is 12.2 Å². The molecular formula is C15H22O4. The zero-order valence-electron chi connectivity index (χ0n) is 11.5. The highest BCUT2D eigenvalue weighted by atomic mass is 16.7. The van der Waals surface area contributed by atoms with E-state index in [1.165, 1.54) is 5.57 Å². The van der Waals surface area contributed by atoms with Gasteiger partial charge in [-0.3, -0.25) is 4.79 Å². The Labute approximate surface area is 114 Å². The second-order valence-electron chi connectivity index (χ2n) is 5.92. The SMILES string of the molecule is C=C1C[C@@H]2CC3(C[C@@H]2[C@H]1CC(=O)OCC)OCCO3. The van der Waals surface area contributed by atoms with Crippen LogP contribution in [0.2, 0.25) is 0 Å². The molecule has 0 radical (unpaired) electrons. The van der Waals surface area contributed by atoms with Crippen LogP contribution in [-0.4, -0.2) is 31.6 Å². The van der Waals surface area contributed by atoms with E-state index < -0.39 is 0 Å². The number of allylic oxidation sites excluding steroid dienone is 1. The summed E-state index contributed by atoms with van der Waals surface area (Å²) in [5.41, 5.74) is 1.20. The van der Waals surface area contributed by atoms with Gasteiger partial charge in [-0.25, -0.2) is 0 Å². The fourth-order valence-electron chi connectivity index (χ4n) is 4.07. The van der Waals surface area contributed by atoms with Crippen molar-refractivity contribution in [1.29, 1.82) is 0 Å². The van der Waals surface area contributed by atoms with E-state index in [9.17, 15) is 4.79 Å². The van der Waals surface area contributed by atoms with Gasteiger partial charge in [-0.15, -0.1) is 0 Å². The number of esters is 1. The average molecular weight is 266 g/mol. The molecule has 106 valence electrons. The fourth-order valence-corrected chi connectivity index (χ4v) is 4.07. The van der Waals surface area contributed by atoms with E-state index in [1.807, 2.05) is 6.92 Å². The van der Waals surface area contributed by atoms with E-state index in [2.05, 4.69) is 6.58 Å². The van der Waals surface area contributed by atoms with Crippen molar-refractivity contribution < 1.29 is 19.0 Å². The molecule has 4 heteroatoms. The monoisotopic (exact) mass is 266 g/mol. The van der Waals surface area contributed by atoms with Crippen molar-refractivity contribution in [2.45, 2.75) is 38.4 Å². The number of carbonyl (C=O) groups excluding carboxylic acids is 1. The molecule has 1 spiro atoms. The molecule has 19 heavy (non-hydrogen) atoms.